The van der Waals surface area contributed by atoms with Crippen molar-refractivity contribution in [2.24, 2.45) is 0 Å². The van der Waals surface area contributed by atoms with E-state index < -0.39 is 0 Å². The van der Waals surface area contributed by atoms with Crippen molar-refractivity contribution < 1.29 is 9.18 Å². The number of aryl methyl sites for hydroxylation is 3. The zero-order valence-corrected chi connectivity index (χ0v) is 15.5. The zero-order chi connectivity index (χ0) is 19.4. The van der Waals surface area contributed by atoms with Crippen LogP contribution in [0, 0.1) is 26.6 Å². The molecule has 138 valence electrons. The first-order chi connectivity index (χ1) is 12.9. The summed E-state index contributed by atoms with van der Waals surface area (Å²) in [5, 5.41) is 5.90. The van der Waals surface area contributed by atoms with Crippen LogP contribution in [0.2, 0.25) is 0 Å². The number of amides is 1. The van der Waals surface area contributed by atoms with Crippen LogP contribution in [0.5, 0.6) is 0 Å². The number of anilines is 2. The molecule has 0 saturated heterocycles. The second-order valence-corrected chi connectivity index (χ2v) is 6.38. The monoisotopic (exact) mass is 364 g/mol. The third-order valence-corrected chi connectivity index (χ3v) is 4.20. The molecule has 0 radical (unpaired) electrons. The lowest BCUT2D eigenvalue weighted by molar-refractivity contribution is 0.0945. The number of para-hydroxylation sites is 1. The largest absolute Gasteiger partial charge is 0.347 e. The van der Waals surface area contributed by atoms with Crippen LogP contribution >= 0.6 is 0 Å². The predicted molar refractivity (Wildman–Crippen MR) is 104 cm³/mol. The molecule has 0 fully saturated rings. The number of benzene rings is 2. The molecule has 0 unspecified atom stereocenters. The van der Waals surface area contributed by atoms with Crippen LogP contribution in [-0.2, 0) is 6.54 Å². The van der Waals surface area contributed by atoms with Gasteiger partial charge < -0.3 is 10.6 Å². The first-order valence-corrected chi connectivity index (χ1v) is 8.64. The lowest BCUT2D eigenvalue weighted by Crippen LogP contribution is -2.25. The van der Waals surface area contributed by atoms with Crippen molar-refractivity contribution in [2.45, 2.75) is 27.3 Å². The van der Waals surface area contributed by atoms with Gasteiger partial charge in [0.15, 0.2) is 0 Å². The number of hydrogen-bond acceptors (Lipinski definition) is 4. The Bertz CT molecular complexity index is 967. The van der Waals surface area contributed by atoms with Crippen LogP contribution in [0.15, 0.2) is 48.5 Å². The van der Waals surface area contributed by atoms with Crippen LogP contribution < -0.4 is 10.6 Å². The maximum absolute atomic E-state index is 13.7. The van der Waals surface area contributed by atoms with Gasteiger partial charge in [0.1, 0.15) is 11.5 Å². The summed E-state index contributed by atoms with van der Waals surface area (Å²) in [6, 6.07) is 13.9. The van der Waals surface area contributed by atoms with E-state index >= 15 is 0 Å². The number of rotatable bonds is 5. The van der Waals surface area contributed by atoms with Crippen LogP contribution in [0.3, 0.4) is 0 Å². The fourth-order valence-corrected chi connectivity index (χ4v) is 2.77. The molecule has 1 heterocycles. The van der Waals surface area contributed by atoms with Crippen molar-refractivity contribution in [3.63, 3.8) is 0 Å². The van der Waals surface area contributed by atoms with Crippen LogP contribution in [0.4, 0.5) is 16.0 Å². The second kappa shape index (κ2) is 7.95. The van der Waals surface area contributed by atoms with Gasteiger partial charge in [-0.05, 0) is 44.0 Å². The Morgan fingerprint density at radius 1 is 1.00 bits per heavy atom. The molecule has 0 aliphatic heterocycles. The Labute approximate surface area is 157 Å². The lowest BCUT2D eigenvalue weighted by atomic mass is 10.1. The van der Waals surface area contributed by atoms with Gasteiger partial charge >= 0.3 is 0 Å². The summed E-state index contributed by atoms with van der Waals surface area (Å²) >= 11 is 0. The van der Waals surface area contributed by atoms with Gasteiger partial charge in [0, 0.05) is 23.5 Å². The molecular formula is C21H21FN4O. The fraction of sp³-hybridized carbons (Fsp3) is 0.190. The number of halogens is 1. The van der Waals surface area contributed by atoms with Gasteiger partial charge in [-0.2, -0.15) is 0 Å². The first-order valence-electron chi connectivity index (χ1n) is 8.64. The van der Waals surface area contributed by atoms with Gasteiger partial charge in [-0.3, -0.25) is 4.79 Å². The minimum absolute atomic E-state index is 0.0915. The van der Waals surface area contributed by atoms with E-state index in [2.05, 4.69) is 20.6 Å². The quantitative estimate of drug-likeness (QED) is 0.711. The normalized spacial score (nSPS) is 10.5. The number of hydrogen-bond donors (Lipinski definition) is 2. The van der Waals surface area contributed by atoms with Crippen molar-refractivity contribution in [1.29, 1.82) is 0 Å². The smallest absolute Gasteiger partial charge is 0.270 e. The molecule has 2 N–H and O–H groups in total. The highest BCUT2D eigenvalue weighted by atomic mass is 19.1. The average molecular weight is 364 g/mol. The second-order valence-electron chi connectivity index (χ2n) is 6.38. The molecule has 5 nitrogen and oxygen atoms in total. The van der Waals surface area contributed by atoms with E-state index in [-0.39, 0.29) is 24.0 Å². The minimum atomic E-state index is -0.381. The van der Waals surface area contributed by atoms with E-state index in [0.717, 1.165) is 16.8 Å². The average Bonchev–Trinajstić information content (AvgIpc) is 2.63. The molecule has 0 saturated carbocycles. The summed E-state index contributed by atoms with van der Waals surface area (Å²) in [6.07, 6.45) is 0. The highest BCUT2D eigenvalue weighted by Crippen LogP contribution is 2.22. The van der Waals surface area contributed by atoms with Gasteiger partial charge in [0.25, 0.3) is 5.91 Å². The summed E-state index contributed by atoms with van der Waals surface area (Å²) < 4.78 is 13.7. The van der Waals surface area contributed by atoms with Crippen LogP contribution in [-0.4, -0.2) is 15.9 Å². The summed E-state index contributed by atoms with van der Waals surface area (Å²) in [7, 11) is 0. The molecule has 0 spiro atoms. The third kappa shape index (κ3) is 4.47. The summed E-state index contributed by atoms with van der Waals surface area (Å²) in [5.41, 5.74) is 4.35. The zero-order valence-electron chi connectivity index (χ0n) is 15.5. The van der Waals surface area contributed by atoms with E-state index in [0.29, 0.717) is 17.2 Å². The number of carbonyl (C=O) groups excluding carboxylic acids is 1. The molecule has 3 rings (SSSR count). The van der Waals surface area contributed by atoms with E-state index in [1.54, 1.807) is 31.2 Å². The van der Waals surface area contributed by atoms with Crippen molar-refractivity contribution in [3.8, 4) is 0 Å². The summed E-state index contributed by atoms with van der Waals surface area (Å²) in [4.78, 5) is 21.2. The van der Waals surface area contributed by atoms with Crippen molar-refractivity contribution in [3.05, 3.63) is 82.4 Å². The number of nitrogens with one attached hydrogen (secondary N) is 2. The van der Waals surface area contributed by atoms with Gasteiger partial charge in [0.2, 0.25) is 5.95 Å². The Hall–Kier alpha value is -3.28. The van der Waals surface area contributed by atoms with E-state index in [1.165, 1.54) is 6.07 Å². The van der Waals surface area contributed by atoms with Crippen LogP contribution in [0.1, 0.15) is 32.9 Å². The molecule has 0 bridgehead atoms. The Morgan fingerprint density at radius 2 is 1.70 bits per heavy atom. The molecular weight excluding hydrogens is 343 g/mol. The Balaban J connectivity index is 1.78. The molecule has 3 aromatic rings. The maximum atomic E-state index is 13.7. The van der Waals surface area contributed by atoms with Crippen molar-refractivity contribution in [2.75, 3.05) is 5.32 Å². The minimum Gasteiger partial charge on any atom is -0.347 e. The molecule has 1 amide bonds. The highest BCUT2D eigenvalue weighted by Gasteiger charge is 2.13. The fourth-order valence-electron chi connectivity index (χ4n) is 2.77. The molecule has 0 atom stereocenters. The summed E-state index contributed by atoms with van der Waals surface area (Å²) in [5.74, 6) is -0.384. The molecule has 2 aromatic carbocycles. The number of carbonyl (C=O) groups is 1. The van der Waals surface area contributed by atoms with Crippen molar-refractivity contribution >= 4 is 17.5 Å². The SMILES string of the molecule is Cc1cc(C(=O)NCc2ccccc2F)nc(Nc2c(C)cccc2C)n1. The standard InChI is InChI=1S/C21H21FN4O/c1-13-7-6-8-14(2)19(13)26-21-24-15(3)11-18(25-21)20(27)23-12-16-9-4-5-10-17(16)22/h4-11H,12H2,1-3H3,(H,23,27)(H,24,25,26). The van der Waals surface area contributed by atoms with E-state index in [1.807, 2.05) is 32.0 Å². The Kier molecular flexibility index (Phi) is 5.45. The molecule has 27 heavy (non-hydrogen) atoms. The molecule has 0 aliphatic rings. The van der Waals surface area contributed by atoms with Gasteiger partial charge in [-0.25, -0.2) is 14.4 Å². The first kappa shape index (κ1) is 18.5. The van der Waals surface area contributed by atoms with Gasteiger partial charge in [0.05, 0.1) is 0 Å². The van der Waals surface area contributed by atoms with E-state index in [9.17, 15) is 9.18 Å². The Morgan fingerprint density at radius 3 is 2.41 bits per heavy atom. The van der Waals surface area contributed by atoms with Gasteiger partial charge in [-0.1, -0.05) is 36.4 Å². The number of nitrogens with zero attached hydrogens (tertiary/aromatic N) is 2. The third-order valence-electron chi connectivity index (χ3n) is 4.20. The predicted octanol–water partition coefficient (Wildman–Crippen LogP) is 4.21. The van der Waals surface area contributed by atoms with Crippen molar-refractivity contribution in [1.82, 2.24) is 15.3 Å². The number of aromatic nitrogens is 2. The van der Waals surface area contributed by atoms with Crippen LogP contribution in [0.25, 0.3) is 0 Å². The molecule has 6 heteroatoms. The highest BCUT2D eigenvalue weighted by molar-refractivity contribution is 5.92. The maximum Gasteiger partial charge on any atom is 0.270 e. The van der Waals surface area contributed by atoms with E-state index in [4.69, 9.17) is 0 Å². The summed E-state index contributed by atoms with van der Waals surface area (Å²) in [6.45, 7) is 5.87. The topological polar surface area (TPSA) is 66.9 Å². The lowest BCUT2D eigenvalue weighted by Gasteiger charge is -2.13. The van der Waals surface area contributed by atoms with Gasteiger partial charge in [-0.15, -0.1) is 0 Å². The molecule has 0 aliphatic carbocycles. The molecule has 1 aromatic heterocycles.